The fourth-order valence-corrected chi connectivity index (χ4v) is 3.27. The maximum Gasteiger partial charge on any atom is 0.237 e. The van der Waals surface area contributed by atoms with Crippen molar-refractivity contribution in [2.45, 2.75) is 42.6 Å². The summed E-state index contributed by atoms with van der Waals surface area (Å²) < 4.78 is 41.9. The van der Waals surface area contributed by atoms with Crippen LogP contribution in [0.15, 0.2) is 29.9 Å². The van der Waals surface area contributed by atoms with E-state index in [2.05, 4.69) is 22.1 Å². The van der Waals surface area contributed by atoms with Gasteiger partial charge < -0.3 is 9.88 Å². The lowest BCUT2D eigenvalue weighted by molar-refractivity contribution is -0.115. The minimum atomic E-state index is -1.62. The van der Waals surface area contributed by atoms with E-state index in [0.29, 0.717) is 17.6 Å². The van der Waals surface area contributed by atoms with E-state index < -0.39 is 34.3 Å². The Kier molecular flexibility index (Phi) is 5.36. The number of aromatic nitrogens is 3. The summed E-state index contributed by atoms with van der Waals surface area (Å²) in [4.78, 5) is 12.3. The topological polar surface area (TPSA) is 59.8 Å². The summed E-state index contributed by atoms with van der Waals surface area (Å²) in [5.74, 6) is -3.66. The molecule has 1 aromatic heterocycles. The number of thioether (sulfide) groups is 1. The molecule has 1 aliphatic carbocycles. The Morgan fingerprint density at radius 1 is 1.38 bits per heavy atom. The molecule has 0 bridgehead atoms. The molecule has 1 atom stereocenters. The van der Waals surface area contributed by atoms with Gasteiger partial charge in [-0.2, -0.15) is 0 Å². The van der Waals surface area contributed by atoms with Gasteiger partial charge >= 0.3 is 0 Å². The lowest BCUT2D eigenvalue weighted by atomic mass is 10.2. The number of allylic oxidation sites excluding steroid dienone is 1. The lowest BCUT2D eigenvalue weighted by Crippen LogP contribution is -2.24. The fourth-order valence-electron chi connectivity index (χ4n) is 2.40. The SMILES string of the molecule is C=CCn1c(S[C@@H](C)C(=O)Nc2ccc(F)c(F)c2F)nnc1C1CC1. The van der Waals surface area contributed by atoms with Gasteiger partial charge in [0.25, 0.3) is 0 Å². The zero-order chi connectivity index (χ0) is 18.8. The number of carbonyl (C=O) groups excluding carboxylic acids is 1. The third-order valence-electron chi connectivity index (χ3n) is 3.94. The van der Waals surface area contributed by atoms with Gasteiger partial charge in [0.1, 0.15) is 5.82 Å². The van der Waals surface area contributed by atoms with Gasteiger partial charge in [-0.05, 0) is 31.9 Å². The second-order valence-electron chi connectivity index (χ2n) is 5.99. The molecule has 0 unspecified atom stereocenters. The number of rotatable bonds is 7. The summed E-state index contributed by atoms with van der Waals surface area (Å²) in [6.45, 7) is 5.85. The van der Waals surface area contributed by atoms with Gasteiger partial charge in [-0.25, -0.2) is 13.2 Å². The minimum Gasteiger partial charge on any atom is -0.323 e. The maximum absolute atomic E-state index is 13.7. The molecule has 0 radical (unpaired) electrons. The molecule has 5 nitrogen and oxygen atoms in total. The normalized spacial score (nSPS) is 14.9. The first kappa shape index (κ1) is 18.5. The lowest BCUT2D eigenvalue weighted by Gasteiger charge is -2.13. The van der Waals surface area contributed by atoms with Crippen LogP contribution in [0.3, 0.4) is 0 Å². The molecule has 1 N–H and O–H groups in total. The number of anilines is 1. The minimum absolute atomic E-state index is 0.386. The van der Waals surface area contributed by atoms with Crippen LogP contribution in [0.4, 0.5) is 18.9 Å². The smallest absolute Gasteiger partial charge is 0.237 e. The summed E-state index contributed by atoms with van der Waals surface area (Å²) in [6.07, 6.45) is 3.84. The van der Waals surface area contributed by atoms with Crippen molar-refractivity contribution in [3.05, 3.63) is 48.1 Å². The van der Waals surface area contributed by atoms with Crippen molar-refractivity contribution in [1.82, 2.24) is 14.8 Å². The molecule has 1 heterocycles. The zero-order valence-corrected chi connectivity index (χ0v) is 14.8. The van der Waals surface area contributed by atoms with Crippen LogP contribution >= 0.6 is 11.8 Å². The summed E-state index contributed by atoms with van der Waals surface area (Å²) in [5.41, 5.74) is -0.410. The largest absolute Gasteiger partial charge is 0.323 e. The van der Waals surface area contributed by atoms with Gasteiger partial charge in [-0.1, -0.05) is 17.8 Å². The molecule has 1 amide bonds. The molecule has 1 fully saturated rings. The zero-order valence-electron chi connectivity index (χ0n) is 14.0. The molecule has 1 aromatic carbocycles. The van der Waals surface area contributed by atoms with Crippen molar-refractivity contribution >= 4 is 23.4 Å². The Labute approximate surface area is 152 Å². The Morgan fingerprint density at radius 3 is 2.77 bits per heavy atom. The van der Waals surface area contributed by atoms with Crippen LogP contribution in [-0.4, -0.2) is 25.9 Å². The molecule has 1 saturated carbocycles. The number of carbonyl (C=O) groups is 1. The van der Waals surface area contributed by atoms with E-state index in [-0.39, 0.29) is 0 Å². The summed E-state index contributed by atoms with van der Waals surface area (Å²) in [7, 11) is 0. The van der Waals surface area contributed by atoms with Crippen molar-refractivity contribution in [3.8, 4) is 0 Å². The average molecular weight is 382 g/mol. The third kappa shape index (κ3) is 3.77. The second-order valence-corrected chi connectivity index (χ2v) is 7.29. The Hall–Kier alpha value is -2.29. The molecule has 0 saturated heterocycles. The van der Waals surface area contributed by atoms with E-state index in [1.165, 1.54) is 0 Å². The number of hydrogen-bond donors (Lipinski definition) is 1. The van der Waals surface area contributed by atoms with E-state index >= 15 is 0 Å². The highest BCUT2D eigenvalue weighted by molar-refractivity contribution is 8.00. The first-order valence-electron chi connectivity index (χ1n) is 8.07. The first-order chi connectivity index (χ1) is 12.4. The average Bonchev–Trinajstić information content (AvgIpc) is 3.39. The number of nitrogens with zero attached hydrogens (tertiary/aromatic N) is 3. The van der Waals surface area contributed by atoms with Gasteiger partial charge in [-0.15, -0.1) is 16.8 Å². The number of nitrogens with one attached hydrogen (secondary N) is 1. The second kappa shape index (κ2) is 7.53. The Morgan fingerprint density at radius 2 is 2.12 bits per heavy atom. The van der Waals surface area contributed by atoms with E-state index in [1.807, 2.05) is 4.57 Å². The van der Waals surface area contributed by atoms with Gasteiger partial charge in [0, 0.05) is 12.5 Å². The van der Waals surface area contributed by atoms with Crippen molar-refractivity contribution in [2.75, 3.05) is 5.32 Å². The van der Waals surface area contributed by atoms with Crippen molar-refractivity contribution in [3.63, 3.8) is 0 Å². The van der Waals surface area contributed by atoms with Crippen LogP contribution in [0.2, 0.25) is 0 Å². The highest BCUT2D eigenvalue weighted by Gasteiger charge is 2.31. The quantitative estimate of drug-likeness (QED) is 0.449. The molecule has 138 valence electrons. The van der Waals surface area contributed by atoms with Gasteiger partial charge in [0.05, 0.1) is 10.9 Å². The first-order valence-corrected chi connectivity index (χ1v) is 8.95. The molecular formula is C17H17F3N4OS. The Bertz CT molecular complexity index is 851. The molecule has 1 aliphatic rings. The number of benzene rings is 1. The van der Waals surface area contributed by atoms with Gasteiger partial charge in [-0.3, -0.25) is 4.79 Å². The third-order valence-corrected chi connectivity index (χ3v) is 5.02. The van der Waals surface area contributed by atoms with Crippen molar-refractivity contribution < 1.29 is 18.0 Å². The van der Waals surface area contributed by atoms with Crippen LogP contribution in [0.25, 0.3) is 0 Å². The fraction of sp³-hybridized carbons (Fsp3) is 0.353. The van der Waals surface area contributed by atoms with Crippen LogP contribution in [-0.2, 0) is 11.3 Å². The molecular weight excluding hydrogens is 365 g/mol. The van der Waals surface area contributed by atoms with Crippen LogP contribution in [0, 0.1) is 17.5 Å². The monoisotopic (exact) mass is 382 g/mol. The predicted octanol–water partition coefficient (Wildman–Crippen LogP) is 3.88. The standard InChI is InChI=1S/C17H17F3N4OS/c1-3-8-24-15(10-4-5-10)22-23-17(24)26-9(2)16(25)21-12-7-6-11(18)13(19)14(12)20/h3,6-7,9-10H,1,4-5,8H2,2H3,(H,21,25)/t9-/m0/s1. The van der Waals surface area contributed by atoms with E-state index in [9.17, 15) is 18.0 Å². The van der Waals surface area contributed by atoms with Crippen molar-refractivity contribution in [1.29, 1.82) is 0 Å². The molecule has 0 spiro atoms. The number of halogens is 3. The predicted molar refractivity (Wildman–Crippen MR) is 92.5 cm³/mol. The Balaban J connectivity index is 1.72. The van der Waals surface area contributed by atoms with Gasteiger partial charge in [0.15, 0.2) is 22.6 Å². The van der Waals surface area contributed by atoms with E-state index in [4.69, 9.17) is 0 Å². The van der Waals surface area contributed by atoms with Crippen molar-refractivity contribution in [2.24, 2.45) is 0 Å². The summed E-state index contributed by atoms with van der Waals surface area (Å²) >= 11 is 1.16. The van der Waals surface area contributed by atoms with Crippen LogP contribution < -0.4 is 5.32 Å². The molecule has 0 aliphatic heterocycles. The summed E-state index contributed by atoms with van der Waals surface area (Å²) in [6, 6.07) is 1.74. The highest BCUT2D eigenvalue weighted by atomic mass is 32.2. The molecule has 26 heavy (non-hydrogen) atoms. The molecule has 3 rings (SSSR count). The molecule has 9 heteroatoms. The van der Waals surface area contributed by atoms with E-state index in [0.717, 1.165) is 42.6 Å². The maximum atomic E-state index is 13.7. The van der Waals surface area contributed by atoms with Crippen LogP contribution in [0.1, 0.15) is 31.5 Å². The highest BCUT2D eigenvalue weighted by Crippen LogP contribution is 2.40. The number of hydrogen-bond acceptors (Lipinski definition) is 4. The van der Waals surface area contributed by atoms with E-state index in [1.54, 1.807) is 13.0 Å². The van der Waals surface area contributed by atoms with Crippen LogP contribution in [0.5, 0.6) is 0 Å². The number of amides is 1. The summed E-state index contributed by atoms with van der Waals surface area (Å²) in [5, 5.41) is 10.5. The van der Waals surface area contributed by atoms with Gasteiger partial charge in [0.2, 0.25) is 5.91 Å². The molecule has 2 aromatic rings.